The summed E-state index contributed by atoms with van der Waals surface area (Å²) in [6, 6.07) is 7.29. The van der Waals surface area contributed by atoms with E-state index >= 15 is 0 Å². The van der Waals surface area contributed by atoms with Gasteiger partial charge in [0.05, 0.1) is 18.2 Å². The molecule has 7 heteroatoms. The van der Waals surface area contributed by atoms with Crippen molar-refractivity contribution in [2.45, 2.75) is 39.2 Å². The molecule has 0 atom stereocenters. The summed E-state index contributed by atoms with van der Waals surface area (Å²) in [7, 11) is 0. The van der Waals surface area contributed by atoms with Crippen LogP contribution in [0.5, 0.6) is 0 Å². The molecule has 0 spiro atoms. The zero-order valence-corrected chi connectivity index (χ0v) is 15.3. The van der Waals surface area contributed by atoms with Crippen LogP contribution in [0.25, 0.3) is 11.3 Å². The minimum atomic E-state index is -0.770. The maximum atomic E-state index is 12.3. The van der Waals surface area contributed by atoms with E-state index in [-0.39, 0.29) is 24.3 Å². The molecule has 0 radical (unpaired) electrons. The van der Waals surface area contributed by atoms with E-state index in [0.717, 1.165) is 11.3 Å². The molecule has 6 nitrogen and oxygen atoms in total. The summed E-state index contributed by atoms with van der Waals surface area (Å²) in [5.41, 5.74) is 1.63. The second-order valence-electron chi connectivity index (χ2n) is 6.63. The van der Waals surface area contributed by atoms with Crippen molar-refractivity contribution < 1.29 is 19.1 Å². The lowest BCUT2D eigenvalue weighted by atomic mass is 9.81. The average Bonchev–Trinajstić information content (AvgIpc) is 3.01. The molecule has 138 valence electrons. The van der Waals surface area contributed by atoms with Gasteiger partial charge in [-0.05, 0) is 56.9 Å². The van der Waals surface area contributed by atoms with Crippen molar-refractivity contribution >= 4 is 23.5 Å². The normalized spacial score (nSPS) is 19.9. The number of nitrogens with one attached hydrogen (secondary N) is 1. The van der Waals surface area contributed by atoms with Crippen molar-refractivity contribution in [2.75, 3.05) is 0 Å². The number of hydrogen-bond acceptors (Lipinski definition) is 4. The minimum absolute atomic E-state index is 0.0715. The molecular weight excluding hydrogens is 356 g/mol. The Kier molecular flexibility index (Phi) is 5.61. The van der Waals surface area contributed by atoms with E-state index < -0.39 is 5.97 Å². The molecule has 1 aromatic heterocycles. The first-order chi connectivity index (χ1) is 12.4. The monoisotopic (exact) mass is 376 g/mol. The zero-order valence-electron chi connectivity index (χ0n) is 14.5. The maximum Gasteiger partial charge on any atom is 0.306 e. The Morgan fingerprint density at radius 3 is 2.42 bits per heavy atom. The van der Waals surface area contributed by atoms with Crippen LogP contribution in [0.4, 0.5) is 0 Å². The number of nitrogens with zero attached hydrogens (tertiary/aromatic N) is 1. The third-order valence-corrected chi connectivity index (χ3v) is 5.06. The highest BCUT2D eigenvalue weighted by Gasteiger charge is 2.29. The molecule has 1 aliphatic carbocycles. The summed E-state index contributed by atoms with van der Waals surface area (Å²) < 4.78 is 5.78. The number of aliphatic carboxylic acids is 1. The van der Waals surface area contributed by atoms with E-state index in [1.54, 1.807) is 12.1 Å². The Bertz CT molecular complexity index is 792. The van der Waals surface area contributed by atoms with E-state index in [1.165, 1.54) is 0 Å². The van der Waals surface area contributed by atoms with Gasteiger partial charge >= 0.3 is 5.97 Å². The lowest BCUT2D eigenvalue weighted by Gasteiger charge is -2.24. The number of benzene rings is 1. The van der Waals surface area contributed by atoms with Gasteiger partial charge in [0.25, 0.3) is 0 Å². The van der Waals surface area contributed by atoms with Gasteiger partial charge in [0.2, 0.25) is 11.8 Å². The summed E-state index contributed by atoms with van der Waals surface area (Å²) in [5, 5.41) is 12.5. The smallest absolute Gasteiger partial charge is 0.306 e. The van der Waals surface area contributed by atoms with E-state index in [1.807, 2.05) is 19.1 Å². The standard InChI is InChI=1S/C19H21ClN2O4/c1-11-17(12-6-8-15(20)9-7-12)26-16(22-11)10-21-18(23)13-2-4-14(5-3-13)19(24)25/h6-9,13-14H,2-5,10H2,1H3,(H,21,23)(H,24,25). The third-order valence-electron chi connectivity index (χ3n) is 4.81. The lowest BCUT2D eigenvalue weighted by Crippen LogP contribution is -2.34. The number of rotatable bonds is 5. The topological polar surface area (TPSA) is 92.4 Å². The summed E-state index contributed by atoms with van der Waals surface area (Å²) in [6.45, 7) is 2.07. The van der Waals surface area contributed by atoms with Crippen LogP contribution in [0.3, 0.4) is 0 Å². The largest absolute Gasteiger partial charge is 0.481 e. The quantitative estimate of drug-likeness (QED) is 0.827. The number of aryl methyl sites for hydroxylation is 1. The zero-order chi connectivity index (χ0) is 18.7. The van der Waals surface area contributed by atoms with Gasteiger partial charge in [-0.3, -0.25) is 9.59 Å². The molecule has 26 heavy (non-hydrogen) atoms. The molecular formula is C19H21ClN2O4. The van der Waals surface area contributed by atoms with Gasteiger partial charge in [0.1, 0.15) is 0 Å². The number of oxazole rings is 1. The molecule has 1 aliphatic rings. The Morgan fingerprint density at radius 2 is 1.81 bits per heavy atom. The van der Waals surface area contributed by atoms with Crippen LogP contribution in [-0.4, -0.2) is 22.0 Å². The fourth-order valence-corrected chi connectivity index (χ4v) is 3.43. The van der Waals surface area contributed by atoms with Gasteiger partial charge in [0.15, 0.2) is 5.76 Å². The summed E-state index contributed by atoms with van der Waals surface area (Å²) in [4.78, 5) is 27.7. The number of amides is 1. The fourth-order valence-electron chi connectivity index (χ4n) is 3.31. The van der Waals surface area contributed by atoms with Crippen LogP contribution in [-0.2, 0) is 16.1 Å². The second-order valence-corrected chi connectivity index (χ2v) is 7.07. The third kappa shape index (κ3) is 4.25. The number of hydrogen-bond donors (Lipinski definition) is 2. The van der Waals surface area contributed by atoms with Crippen LogP contribution in [0, 0.1) is 18.8 Å². The Labute approximate surface area is 156 Å². The number of halogens is 1. The number of carbonyl (C=O) groups is 2. The molecule has 2 aromatic rings. The van der Waals surface area contributed by atoms with E-state index in [0.29, 0.717) is 42.4 Å². The van der Waals surface area contributed by atoms with E-state index in [9.17, 15) is 9.59 Å². The molecule has 3 rings (SSSR count). The van der Waals surface area contributed by atoms with Crippen molar-refractivity contribution in [2.24, 2.45) is 11.8 Å². The first-order valence-corrected chi connectivity index (χ1v) is 9.04. The summed E-state index contributed by atoms with van der Waals surface area (Å²) in [5.74, 6) is -0.202. The first kappa shape index (κ1) is 18.5. The number of carboxylic acid groups (broad SMARTS) is 1. The Balaban J connectivity index is 1.57. The molecule has 1 aromatic carbocycles. The van der Waals surface area contributed by atoms with Crippen LogP contribution in [0.15, 0.2) is 28.7 Å². The van der Waals surface area contributed by atoms with Gasteiger partial charge in [-0.2, -0.15) is 0 Å². The fraction of sp³-hybridized carbons (Fsp3) is 0.421. The molecule has 0 unspecified atom stereocenters. The molecule has 1 heterocycles. The Morgan fingerprint density at radius 1 is 1.19 bits per heavy atom. The summed E-state index contributed by atoms with van der Waals surface area (Å²) >= 11 is 5.90. The van der Waals surface area contributed by atoms with Gasteiger partial charge in [-0.25, -0.2) is 4.98 Å². The van der Waals surface area contributed by atoms with Crippen LogP contribution >= 0.6 is 11.6 Å². The number of carbonyl (C=O) groups excluding carboxylic acids is 1. The maximum absolute atomic E-state index is 12.3. The first-order valence-electron chi connectivity index (χ1n) is 8.67. The van der Waals surface area contributed by atoms with Crippen molar-refractivity contribution in [1.82, 2.24) is 10.3 Å². The van der Waals surface area contributed by atoms with E-state index in [2.05, 4.69) is 10.3 Å². The van der Waals surface area contributed by atoms with E-state index in [4.69, 9.17) is 21.1 Å². The molecule has 0 bridgehead atoms. The molecule has 2 N–H and O–H groups in total. The van der Waals surface area contributed by atoms with Crippen molar-refractivity contribution in [3.05, 3.63) is 40.9 Å². The SMILES string of the molecule is Cc1nc(CNC(=O)C2CCC(C(=O)O)CC2)oc1-c1ccc(Cl)cc1. The average molecular weight is 377 g/mol. The highest BCUT2D eigenvalue weighted by Crippen LogP contribution is 2.29. The van der Waals surface area contributed by atoms with Crippen LogP contribution < -0.4 is 5.32 Å². The number of carboxylic acids is 1. The van der Waals surface area contributed by atoms with Gasteiger partial charge in [0, 0.05) is 16.5 Å². The second kappa shape index (κ2) is 7.91. The predicted octanol–water partition coefficient (Wildman–Crippen LogP) is 3.81. The van der Waals surface area contributed by atoms with Crippen molar-refractivity contribution in [1.29, 1.82) is 0 Å². The minimum Gasteiger partial charge on any atom is -0.481 e. The highest BCUT2D eigenvalue weighted by atomic mass is 35.5. The van der Waals surface area contributed by atoms with Crippen molar-refractivity contribution in [3.8, 4) is 11.3 Å². The van der Waals surface area contributed by atoms with Crippen molar-refractivity contribution in [3.63, 3.8) is 0 Å². The van der Waals surface area contributed by atoms with Crippen LogP contribution in [0.1, 0.15) is 37.3 Å². The molecule has 0 aliphatic heterocycles. The highest BCUT2D eigenvalue weighted by molar-refractivity contribution is 6.30. The molecule has 1 amide bonds. The molecule has 0 saturated heterocycles. The number of aromatic nitrogens is 1. The summed E-state index contributed by atoms with van der Waals surface area (Å²) in [6.07, 6.45) is 2.30. The molecule has 1 saturated carbocycles. The Hall–Kier alpha value is -2.34. The van der Waals surface area contributed by atoms with Gasteiger partial charge in [-0.15, -0.1) is 0 Å². The van der Waals surface area contributed by atoms with Gasteiger partial charge in [-0.1, -0.05) is 11.6 Å². The predicted molar refractivity (Wildman–Crippen MR) is 96.6 cm³/mol. The lowest BCUT2D eigenvalue weighted by molar-refractivity contribution is -0.144. The van der Waals surface area contributed by atoms with Gasteiger partial charge < -0.3 is 14.8 Å². The molecule has 1 fully saturated rings. The van der Waals surface area contributed by atoms with Crippen LogP contribution in [0.2, 0.25) is 5.02 Å².